The minimum atomic E-state index is -0.329. The number of rotatable bonds is 12. The third-order valence-electron chi connectivity index (χ3n) is 5.92. The van der Waals surface area contributed by atoms with Crippen LogP contribution in [0.25, 0.3) is 16.7 Å². The van der Waals surface area contributed by atoms with E-state index in [0.717, 1.165) is 24.8 Å². The molecule has 0 unspecified atom stereocenters. The number of pyridine rings is 2. The smallest absolute Gasteiger partial charge is 0.267 e. The van der Waals surface area contributed by atoms with Gasteiger partial charge >= 0.3 is 0 Å². The van der Waals surface area contributed by atoms with Gasteiger partial charge in [-0.25, -0.2) is 4.98 Å². The Labute approximate surface area is 194 Å². The molecule has 8 heteroatoms. The van der Waals surface area contributed by atoms with Crippen LogP contribution in [0.2, 0.25) is 0 Å². The Morgan fingerprint density at radius 1 is 1.15 bits per heavy atom. The van der Waals surface area contributed by atoms with Crippen LogP contribution in [0.4, 0.5) is 0 Å². The highest BCUT2D eigenvalue weighted by Gasteiger charge is 2.17. The van der Waals surface area contributed by atoms with Gasteiger partial charge in [-0.1, -0.05) is 45.1 Å². The molecule has 0 saturated carbocycles. The van der Waals surface area contributed by atoms with Crippen LogP contribution in [0.1, 0.15) is 67.8 Å². The highest BCUT2D eigenvalue weighted by atomic mass is 16.5. The van der Waals surface area contributed by atoms with E-state index in [1.807, 2.05) is 13.0 Å². The summed E-state index contributed by atoms with van der Waals surface area (Å²) in [6, 6.07) is 5.22. The number of carbonyl (C=O) groups is 1. The average molecular weight is 454 g/mol. The molecule has 0 fully saturated rings. The molecule has 3 heterocycles. The molecule has 0 spiro atoms. The monoisotopic (exact) mass is 453 g/mol. The number of hydrogen-bond donors (Lipinski definition) is 2. The summed E-state index contributed by atoms with van der Waals surface area (Å²) in [6.45, 7) is 5.58. The lowest BCUT2D eigenvalue weighted by molar-refractivity contribution is 0.0950. The number of carbonyl (C=O) groups excluding carboxylic acids is 1. The Bertz CT molecular complexity index is 1230. The Balaban J connectivity index is 1.96. The molecule has 0 aliphatic carbocycles. The Morgan fingerprint density at radius 2 is 1.91 bits per heavy atom. The van der Waals surface area contributed by atoms with E-state index in [1.54, 1.807) is 23.9 Å². The lowest BCUT2D eigenvalue weighted by Gasteiger charge is -2.15. The third-order valence-corrected chi connectivity index (χ3v) is 5.92. The molecular weight excluding hydrogens is 418 g/mol. The fraction of sp³-hybridized carbons (Fsp3) is 0.520. The summed E-state index contributed by atoms with van der Waals surface area (Å²) in [5.41, 5.74) is 1.84. The minimum Gasteiger partial charge on any atom is -0.385 e. The first-order valence-corrected chi connectivity index (χ1v) is 11.9. The molecule has 0 radical (unpaired) electrons. The fourth-order valence-electron chi connectivity index (χ4n) is 4.06. The molecule has 33 heavy (non-hydrogen) atoms. The van der Waals surface area contributed by atoms with Crippen LogP contribution in [-0.2, 0) is 11.3 Å². The quantitative estimate of drug-likeness (QED) is 0.323. The molecule has 0 atom stereocenters. The van der Waals surface area contributed by atoms with E-state index in [9.17, 15) is 9.59 Å². The van der Waals surface area contributed by atoms with E-state index in [-0.39, 0.29) is 22.5 Å². The van der Waals surface area contributed by atoms with Crippen molar-refractivity contribution in [2.75, 3.05) is 20.3 Å². The minimum absolute atomic E-state index is 0.0592. The van der Waals surface area contributed by atoms with Crippen LogP contribution in [-0.4, -0.2) is 40.1 Å². The molecule has 0 aliphatic rings. The van der Waals surface area contributed by atoms with Crippen molar-refractivity contribution in [1.82, 2.24) is 19.3 Å². The van der Waals surface area contributed by atoms with Crippen molar-refractivity contribution in [3.05, 3.63) is 51.4 Å². The van der Waals surface area contributed by atoms with E-state index < -0.39 is 0 Å². The molecule has 3 aromatic rings. The van der Waals surface area contributed by atoms with E-state index in [0.29, 0.717) is 42.8 Å². The molecule has 3 rings (SSSR count). The number of amides is 1. The molecule has 1 amide bonds. The Morgan fingerprint density at radius 3 is 2.67 bits per heavy atom. The molecule has 0 saturated heterocycles. The SMILES string of the molecule is CCCCCCCCNC(=O)c1cc2c(=O)n3cccc(C)c3nc2n(CCCOC)c1=N. The second kappa shape index (κ2) is 11.7. The average Bonchev–Trinajstić information content (AvgIpc) is 2.80. The predicted octanol–water partition coefficient (Wildman–Crippen LogP) is 3.56. The molecule has 3 aromatic heterocycles. The number of ether oxygens (including phenoxy) is 1. The van der Waals surface area contributed by atoms with Gasteiger partial charge in [-0.3, -0.25) is 19.4 Å². The van der Waals surface area contributed by atoms with Gasteiger partial charge in [0.1, 0.15) is 16.8 Å². The number of nitrogens with one attached hydrogen (secondary N) is 2. The molecule has 2 N–H and O–H groups in total. The van der Waals surface area contributed by atoms with E-state index in [1.165, 1.54) is 29.7 Å². The first-order valence-electron chi connectivity index (χ1n) is 11.9. The second-order valence-electron chi connectivity index (χ2n) is 8.47. The van der Waals surface area contributed by atoms with Gasteiger partial charge in [0.25, 0.3) is 11.5 Å². The highest BCUT2D eigenvalue weighted by Crippen LogP contribution is 2.13. The van der Waals surface area contributed by atoms with Crippen molar-refractivity contribution in [3.63, 3.8) is 0 Å². The van der Waals surface area contributed by atoms with Crippen LogP contribution >= 0.6 is 0 Å². The van der Waals surface area contributed by atoms with Crippen molar-refractivity contribution in [3.8, 4) is 0 Å². The number of nitrogens with zero attached hydrogens (tertiary/aromatic N) is 3. The molecular formula is C25H35N5O3. The van der Waals surface area contributed by atoms with Gasteiger partial charge in [-0.15, -0.1) is 0 Å². The number of fused-ring (bicyclic) bond motifs is 2. The molecule has 178 valence electrons. The van der Waals surface area contributed by atoms with E-state index in [4.69, 9.17) is 15.1 Å². The standard InChI is InChI=1S/C25H35N5O3/c1-4-5-6-7-8-9-13-27-24(31)19-17-20-23(29(21(19)26)15-11-16-33-3)28-22-18(2)12-10-14-30(22)25(20)32/h10,12,14,17,26H,4-9,11,13,15-16H2,1-3H3,(H,27,31). The number of aromatic nitrogens is 3. The van der Waals surface area contributed by atoms with Crippen molar-refractivity contribution in [1.29, 1.82) is 5.41 Å². The summed E-state index contributed by atoms with van der Waals surface area (Å²) in [4.78, 5) is 31.0. The van der Waals surface area contributed by atoms with E-state index >= 15 is 0 Å². The zero-order valence-electron chi connectivity index (χ0n) is 19.9. The molecule has 8 nitrogen and oxygen atoms in total. The normalized spacial score (nSPS) is 11.4. The van der Waals surface area contributed by atoms with Gasteiger partial charge in [-0.05, 0) is 37.5 Å². The highest BCUT2D eigenvalue weighted by molar-refractivity contribution is 5.96. The summed E-state index contributed by atoms with van der Waals surface area (Å²) < 4.78 is 8.32. The predicted molar refractivity (Wildman–Crippen MR) is 130 cm³/mol. The zero-order valence-corrected chi connectivity index (χ0v) is 19.9. The van der Waals surface area contributed by atoms with Gasteiger partial charge in [0, 0.05) is 33.0 Å². The van der Waals surface area contributed by atoms with Crippen molar-refractivity contribution in [2.45, 2.75) is 65.3 Å². The lowest BCUT2D eigenvalue weighted by Crippen LogP contribution is -2.35. The van der Waals surface area contributed by atoms with Crippen LogP contribution in [0.3, 0.4) is 0 Å². The van der Waals surface area contributed by atoms with Gasteiger partial charge in [-0.2, -0.15) is 0 Å². The summed E-state index contributed by atoms with van der Waals surface area (Å²) in [5, 5.41) is 12.0. The topological polar surface area (TPSA) is 101 Å². The first kappa shape index (κ1) is 24.6. The van der Waals surface area contributed by atoms with Gasteiger partial charge in [0.15, 0.2) is 0 Å². The van der Waals surface area contributed by atoms with Crippen molar-refractivity contribution in [2.24, 2.45) is 0 Å². The maximum atomic E-state index is 13.3. The maximum absolute atomic E-state index is 13.3. The lowest BCUT2D eigenvalue weighted by atomic mass is 10.1. The van der Waals surface area contributed by atoms with Gasteiger partial charge in [0.2, 0.25) is 0 Å². The summed E-state index contributed by atoms with van der Waals surface area (Å²) in [7, 11) is 1.62. The van der Waals surface area contributed by atoms with Crippen molar-refractivity contribution < 1.29 is 9.53 Å². The molecule has 0 bridgehead atoms. The van der Waals surface area contributed by atoms with Crippen molar-refractivity contribution >= 4 is 22.6 Å². The molecule has 0 aromatic carbocycles. The summed E-state index contributed by atoms with van der Waals surface area (Å²) in [6.07, 6.45) is 9.12. The van der Waals surface area contributed by atoms with Crippen LogP contribution < -0.4 is 16.4 Å². The van der Waals surface area contributed by atoms with Gasteiger partial charge in [0.05, 0.1) is 10.9 Å². The summed E-state index contributed by atoms with van der Waals surface area (Å²) in [5.74, 6) is -0.329. The summed E-state index contributed by atoms with van der Waals surface area (Å²) >= 11 is 0. The largest absolute Gasteiger partial charge is 0.385 e. The zero-order chi connectivity index (χ0) is 23.8. The molecule has 0 aliphatic heterocycles. The second-order valence-corrected chi connectivity index (χ2v) is 8.47. The Kier molecular flexibility index (Phi) is 8.77. The third kappa shape index (κ3) is 5.68. The number of methoxy groups -OCH3 is 1. The van der Waals surface area contributed by atoms with Gasteiger partial charge < -0.3 is 14.6 Å². The van der Waals surface area contributed by atoms with Crippen LogP contribution in [0.5, 0.6) is 0 Å². The van der Waals surface area contributed by atoms with Crippen LogP contribution in [0.15, 0.2) is 29.2 Å². The number of hydrogen-bond acceptors (Lipinski definition) is 5. The first-order chi connectivity index (χ1) is 16.0. The van der Waals surface area contributed by atoms with Crippen LogP contribution in [0, 0.1) is 12.3 Å². The van der Waals surface area contributed by atoms with E-state index in [2.05, 4.69) is 12.2 Å². The number of aryl methyl sites for hydroxylation is 2. The fourth-order valence-corrected chi connectivity index (χ4v) is 4.06. The maximum Gasteiger partial charge on any atom is 0.267 e. The number of unbranched alkanes of at least 4 members (excludes halogenated alkanes) is 5. The Hall–Kier alpha value is -3.00.